The molecule has 3 aliphatic rings. The van der Waals surface area contributed by atoms with Crippen LogP contribution in [0.4, 0.5) is 0 Å². The number of hydrogen-bond acceptors (Lipinski definition) is 3. The normalized spacial score (nSPS) is 14.4. The Balaban J connectivity index is 0.952. The third-order valence-corrected chi connectivity index (χ3v) is 14.4. The second-order valence-corrected chi connectivity index (χ2v) is 17.9. The van der Waals surface area contributed by atoms with Gasteiger partial charge in [0.05, 0.1) is 16.4 Å². The van der Waals surface area contributed by atoms with Gasteiger partial charge in [-0.05, 0) is 96.7 Å². The minimum Gasteiger partial charge on any atom is -0.309 e. The largest absolute Gasteiger partial charge is 0.309 e. The molecule has 9 aromatic carbocycles. The maximum atomic E-state index is 5.09. The average molecular weight is 803 g/mol. The monoisotopic (exact) mass is 802 g/mol. The van der Waals surface area contributed by atoms with Gasteiger partial charge in [-0.1, -0.05) is 178 Å². The molecule has 0 bridgehead atoms. The molecule has 0 saturated heterocycles. The molecule has 0 unspecified atom stereocenters. The van der Waals surface area contributed by atoms with E-state index < -0.39 is 5.41 Å². The summed E-state index contributed by atoms with van der Waals surface area (Å²) in [6, 6.07) is 71.1. The molecule has 1 spiro atoms. The van der Waals surface area contributed by atoms with Gasteiger partial charge >= 0.3 is 0 Å². The first-order chi connectivity index (χ1) is 31.0. The van der Waals surface area contributed by atoms with E-state index in [-0.39, 0.29) is 5.41 Å². The zero-order chi connectivity index (χ0) is 41.6. The summed E-state index contributed by atoms with van der Waals surface area (Å²) in [6.45, 7) is 4.72. The Kier molecular flexibility index (Phi) is 6.80. The molecule has 2 heterocycles. The van der Waals surface area contributed by atoms with Crippen molar-refractivity contribution in [1.29, 1.82) is 0 Å². The summed E-state index contributed by atoms with van der Waals surface area (Å²) in [6.07, 6.45) is 0. The van der Waals surface area contributed by atoms with E-state index in [4.69, 9.17) is 15.0 Å². The predicted molar refractivity (Wildman–Crippen MR) is 256 cm³/mol. The van der Waals surface area contributed by atoms with Crippen molar-refractivity contribution in [2.24, 2.45) is 0 Å². The Labute approximate surface area is 364 Å². The van der Waals surface area contributed by atoms with Crippen LogP contribution >= 0.6 is 0 Å². The molecule has 63 heavy (non-hydrogen) atoms. The molecule has 0 saturated carbocycles. The minimum atomic E-state index is -0.429. The predicted octanol–water partition coefficient (Wildman–Crippen LogP) is 14.1. The standard InChI is InChI=1S/C59H38N4/c1-58(2)48-33-38(57-61-55(36-15-5-3-6-16-36)60-56(62-57)37-17-7-4-8-18-37)27-30-42(48)43-31-29-39(34-49(43)58)63-50-26-14-25-47-53(50)54-51(63)32-28-35-19-13-24-46(52(35)54)59(47)44-22-11-9-20-40(44)41-21-10-12-23-45(41)59/h3-34H,1-2H3. The molecular weight excluding hydrogens is 765 g/mol. The van der Waals surface area contributed by atoms with E-state index in [2.05, 4.69) is 176 Å². The number of rotatable bonds is 4. The van der Waals surface area contributed by atoms with Gasteiger partial charge in [-0.2, -0.15) is 0 Å². The molecule has 2 aromatic heterocycles. The number of fused-ring (bicyclic) bond motifs is 10. The van der Waals surface area contributed by atoms with E-state index in [1.807, 2.05) is 36.4 Å². The highest BCUT2D eigenvalue weighted by molar-refractivity contribution is 6.26. The molecule has 3 aliphatic carbocycles. The van der Waals surface area contributed by atoms with Gasteiger partial charge in [0.25, 0.3) is 0 Å². The van der Waals surface area contributed by atoms with Crippen molar-refractivity contribution >= 4 is 32.6 Å². The van der Waals surface area contributed by atoms with Gasteiger partial charge in [-0.3, -0.25) is 0 Å². The van der Waals surface area contributed by atoms with E-state index in [0.717, 1.165) is 16.7 Å². The van der Waals surface area contributed by atoms with Crippen LogP contribution in [0.15, 0.2) is 194 Å². The van der Waals surface area contributed by atoms with Gasteiger partial charge < -0.3 is 4.57 Å². The van der Waals surface area contributed by atoms with E-state index in [1.54, 1.807) is 0 Å². The second kappa shape index (κ2) is 12.3. The molecule has 0 amide bonds. The zero-order valence-corrected chi connectivity index (χ0v) is 34.8. The highest BCUT2D eigenvalue weighted by Gasteiger charge is 2.50. The van der Waals surface area contributed by atoms with Crippen molar-refractivity contribution in [3.05, 3.63) is 228 Å². The Bertz CT molecular complexity index is 3660. The molecule has 294 valence electrons. The van der Waals surface area contributed by atoms with Gasteiger partial charge in [0.1, 0.15) is 0 Å². The van der Waals surface area contributed by atoms with Gasteiger partial charge in [0, 0.05) is 38.6 Å². The maximum absolute atomic E-state index is 5.09. The summed E-state index contributed by atoms with van der Waals surface area (Å²) >= 11 is 0. The summed E-state index contributed by atoms with van der Waals surface area (Å²) in [7, 11) is 0. The molecule has 0 N–H and O–H groups in total. The summed E-state index contributed by atoms with van der Waals surface area (Å²) in [4.78, 5) is 15.1. The summed E-state index contributed by atoms with van der Waals surface area (Å²) in [5.74, 6) is 2.00. The topological polar surface area (TPSA) is 43.6 Å². The number of aromatic nitrogens is 4. The van der Waals surface area contributed by atoms with Crippen molar-refractivity contribution < 1.29 is 0 Å². The van der Waals surface area contributed by atoms with E-state index in [9.17, 15) is 0 Å². The van der Waals surface area contributed by atoms with Crippen LogP contribution in [0.2, 0.25) is 0 Å². The number of benzene rings is 9. The third-order valence-electron chi connectivity index (χ3n) is 14.4. The maximum Gasteiger partial charge on any atom is 0.164 e. The lowest BCUT2D eigenvalue weighted by Gasteiger charge is -2.37. The van der Waals surface area contributed by atoms with Gasteiger partial charge in [-0.15, -0.1) is 0 Å². The highest BCUT2D eigenvalue weighted by Crippen LogP contribution is 2.62. The van der Waals surface area contributed by atoms with Crippen LogP contribution in [0.5, 0.6) is 0 Å². The first-order valence-corrected chi connectivity index (χ1v) is 21.9. The molecule has 0 radical (unpaired) electrons. The smallest absolute Gasteiger partial charge is 0.164 e. The van der Waals surface area contributed by atoms with Crippen LogP contribution in [-0.2, 0) is 10.8 Å². The quantitative estimate of drug-likeness (QED) is 0.178. The second-order valence-electron chi connectivity index (χ2n) is 17.9. The van der Waals surface area contributed by atoms with Crippen molar-refractivity contribution in [3.63, 3.8) is 0 Å². The van der Waals surface area contributed by atoms with E-state index >= 15 is 0 Å². The summed E-state index contributed by atoms with van der Waals surface area (Å²) in [5, 5.41) is 5.32. The lowest BCUT2D eigenvalue weighted by Crippen LogP contribution is -2.30. The fraction of sp³-hybridized carbons (Fsp3) is 0.0678. The van der Waals surface area contributed by atoms with Crippen molar-refractivity contribution in [3.8, 4) is 62.1 Å². The van der Waals surface area contributed by atoms with Crippen molar-refractivity contribution in [2.75, 3.05) is 0 Å². The molecule has 0 fully saturated rings. The molecule has 4 nitrogen and oxygen atoms in total. The lowest BCUT2D eigenvalue weighted by atomic mass is 9.63. The fourth-order valence-corrected chi connectivity index (χ4v) is 11.7. The Morgan fingerprint density at radius 3 is 1.52 bits per heavy atom. The van der Waals surface area contributed by atoms with Crippen molar-refractivity contribution in [1.82, 2.24) is 19.5 Å². The molecule has 0 atom stereocenters. The van der Waals surface area contributed by atoms with Gasteiger partial charge in [0.15, 0.2) is 17.5 Å². The van der Waals surface area contributed by atoms with Gasteiger partial charge in [-0.25, -0.2) is 15.0 Å². The highest BCUT2D eigenvalue weighted by atomic mass is 15.0. The Morgan fingerprint density at radius 2 is 0.857 bits per heavy atom. The molecule has 4 heteroatoms. The van der Waals surface area contributed by atoms with Crippen LogP contribution in [0.1, 0.15) is 47.2 Å². The van der Waals surface area contributed by atoms with Crippen LogP contribution < -0.4 is 0 Å². The zero-order valence-electron chi connectivity index (χ0n) is 34.8. The minimum absolute atomic E-state index is 0.284. The SMILES string of the molecule is CC1(C)c2cc(-c3nc(-c4ccccc4)nc(-c4ccccc4)n3)ccc2-c2ccc(-n3c4cccc5c4c4c6c(cccc6ccc43)C53c4ccccc4-c4ccccc43)cc21. The van der Waals surface area contributed by atoms with Crippen molar-refractivity contribution in [2.45, 2.75) is 24.7 Å². The Morgan fingerprint density at radius 1 is 0.349 bits per heavy atom. The van der Waals surface area contributed by atoms with E-state index in [0.29, 0.717) is 17.5 Å². The first kappa shape index (κ1) is 34.7. The molecule has 0 aliphatic heterocycles. The number of nitrogens with zero attached hydrogens (tertiary/aromatic N) is 4. The fourth-order valence-electron chi connectivity index (χ4n) is 11.7. The Hall–Kier alpha value is -7.95. The molecule has 11 aromatic rings. The average Bonchev–Trinajstić information content (AvgIpc) is 3.92. The van der Waals surface area contributed by atoms with Crippen LogP contribution in [-0.4, -0.2) is 19.5 Å². The number of hydrogen-bond donors (Lipinski definition) is 0. The van der Waals surface area contributed by atoms with Gasteiger partial charge in [0.2, 0.25) is 0 Å². The summed E-state index contributed by atoms with van der Waals surface area (Å²) < 4.78 is 2.53. The van der Waals surface area contributed by atoms with Crippen LogP contribution in [0.25, 0.3) is 94.7 Å². The van der Waals surface area contributed by atoms with Crippen LogP contribution in [0, 0.1) is 0 Å². The summed E-state index contributed by atoms with van der Waals surface area (Å²) in [5.41, 5.74) is 19.0. The lowest BCUT2D eigenvalue weighted by molar-refractivity contribution is 0.660. The molecular formula is C59H38N4. The van der Waals surface area contributed by atoms with E-state index in [1.165, 1.54) is 93.9 Å². The van der Waals surface area contributed by atoms with Crippen LogP contribution in [0.3, 0.4) is 0 Å². The molecule has 14 rings (SSSR count). The first-order valence-electron chi connectivity index (χ1n) is 21.9. The third kappa shape index (κ3) is 4.47.